The fraction of sp³-hybridized carbons (Fsp3) is 0.417. The van der Waals surface area contributed by atoms with Gasteiger partial charge >= 0.3 is 6.36 Å². The van der Waals surface area contributed by atoms with Gasteiger partial charge in [0.05, 0.1) is 4.47 Å². The Morgan fingerprint density at radius 3 is 2.53 bits per heavy atom. The monoisotopic (exact) mass is 339 g/mol. The quantitative estimate of drug-likeness (QED) is 0.907. The van der Waals surface area contributed by atoms with Crippen LogP contribution in [-0.2, 0) is 0 Å². The van der Waals surface area contributed by atoms with Crippen molar-refractivity contribution in [2.45, 2.75) is 20.2 Å². The molecule has 0 aliphatic heterocycles. The molecule has 0 aliphatic rings. The molecule has 1 amide bonds. The van der Waals surface area contributed by atoms with Gasteiger partial charge in [-0.2, -0.15) is 0 Å². The van der Waals surface area contributed by atoms with Crippen molar-refractivity contribution < 1.29 is 22.7 Å². The molecule has 0 radical (unpaired) electrons. The third-order valence-corrected chi connectivity index (χ3v) is 2.71. The molecule has 0 saturated carbocycles. The predicted molar refractivity (Wildman–Crippen MR) is 68.0 cm³/mol. The van der Waals surface area contributed by atoms with Crippen LogP contribution in [0.2, 0.25) is 0 Å². The van der Waals surface area contributed by atoms with Crippen molar-refractivity contribution >= 4 is 21.8 Å². The maximum Gasteiger partial charge on any atom is 0.573 e. The lowest BCUT2D eigenvalue weighted by atomic mass is 10.2. The third kappa shape index (κ3) is 5.50. The van der Waals surface area contributed by atoms with E-state index in [1.165, 1.54) is 12.1 Å². The van der Waals surface area contributed by atoms with Gasteiger partial charge in [0.2, 0.25) is 0 Å². The molecule has 0 atom stereocenters. The van der Waals surface area contributed by atoms with Crippen LogP contribution in [0.25, 0.3) is 0 Å². The van der Waals surface area contributed by atoms with Gasteiger partial charge in [0.15, 0.2) is 0 Å². The number of benzene rings is 1. The number of hydrogen-bond acceptors (Lipinski definition) is 2. The highest BCUT2D eigenvalue weighted by molar-refractivity contribution is 9.10. The summed E-state index contributed by atoms with van der Waals surface area (Å²) in [6, 6.07) is 3.67. The summed E-state index contributed by atoms with van der Waals surface area (Å²) in [6.07, 6.45) is -4.76. The first-order chi connectivity index (χ1) is 8.69. The van der Waals surface area contributed by atoms with Gasteiger partial charge in [-0.3, -0.25) is 4.79 Å². The standard InChI is InChI=1S/C12H13BrF3NO2/c1-7(2)6-17-11(18)8-3-4-10(9(13)5-8)19-12(14,15)16/h3-5,7H,6H2,1-2H3,(H,17,18). The smallest absolute Gasteiger partial charge is 0.405 e. The molecule has 1 rings (SSSR count). The molecule has 0 bridgehead atoms. The zero-order valence-corrected chi connectivity index (χ0v) is 11.9. The number of nitrogens with one attached hydrogen (secondary N) is 1. The zero-order chi connectivity index (χ0) is 14.6. The van der Waals surface area contributed by atoms with E-state index in [1.807, 2.05) is 13.8 Å². The van der Waals surface area contributed by atoms with Crippen LogP contribution in [0.15, 0.2) is 22.7 Å². The first-order valence-corrected chi connectivity index (χ1v) is 6.32. The minimum Gasteiger partial charge on any atom is -0.405 e. The predicted octanol–water partition coefficient (Wildman–Crippen LogP) is 3.73. The average molecular weight is 340 g/mol. The van der Waals surface area contributed by atoms with Crippen LogP contribution in [0.3, 0.4) is 0 Å². The van der Waals surface area contributed by atoms with E-state index in [-0.39, 0.29) is 21.7 Å². The molecule has 7 heteroatoms. The Bertz CT molecular complexity index is 461. The summed E-state index contributed by atoms with van der Waals surface area (Å²) in [5.74, 6) is -0.430. The van der Waals surface area contributed by atoms with Gasteiger partial charge in [-0.25, -0.2) is 0 Å². The van der Waals surface area contributed by atoms with E-state index >= 15 is 0 Å². The Balaban J connectivity index is 2.79. The molecule has 19 heavy (non-hydrogen) atoms. The highest BCUT2D eigenvalue weighted by Gasteiger charge is 2.32. The Morgan fingerprint density at radius 2 is 2.05 bits per heavy atom. The molecule has 1 aromatic rings. The molecule has 0 saturated heterocycles. The molecule has 3 nitrogen and oxygen atoms in total. The Morgan fingerprint density at radius 1 is 1.42 bits per heavy atom. The van der Waals surface area contributed by atoms with E-state index < -0.39 is 6.36 Å². The minimum atomic E-state index is -4.76. The van der Waals surface area contributed by atoms with Gasteiger partial charge in [0.25, 0.3) is 5.91 Å². The molecule has 1 N–H and O–H groups in total. The number of hydrogen-bond donors (Lipinski definition) is 1. The van der Waals surface area contributed by atoms with Crippen LogP contribution in [0.4, 0.5) is 13.2 Å². The molecular weight excluding hydrogens is 327 g/mol. The lowest BCUT2D eigenvalue weighted by Crippen LogP contribution is -2.27. The lowest BCUT2D eigenvalue weighted by molar-refractivity contribution is -0.274. The van der Waals surface area contributed by atoms with Crippen molar-refractivity contribution in [3.63, 3.8) is 0 Å². The second-order valence-electron chi connectivity index (χ2n) is 4.30. The SMILES string of the molecule is CC(C)CNC(=O)c1ccc(OC(F)(F)F)c(Br)c1. The Hall–Kier alpha value is -1.24. The first-order valence-electron chi connectivity index (χ1n) is 5.52. The number of rotatable bonds is 4. The summed E-state index contributed by atoms with van der Waals surface area (Å²) in [5, 5.41) is 2.67. The van der Waals surface area contributed by atoms with Crippen LogP contribution >= 0.6 is 15.9 Å². The van der Waals surface area contributed by atoms with Crippen LogP contribution in [0, 0.1) is 5.92 Å². The van der Waals surface area contributed by atoms with Gasteiger partial charge in [-0.15, -0.1) is 13.2 Å². The van der Waals surface area contributed by atoms with Gasteiger partial charge in [0.1, 0.15) is 5.75 Å². The number of carbonyl (C=O) groups excluding carboxylic acids is 1. The van der Waals surface area contributed by atoms with E-state index in [2.05, 4.69) is 26.0 Å². The van der Waals surface area contributed by atoms with E-state index in [1.54, 1.807) is 0 Å². The normalized spacial score (nSPS) is 11.5. The van der Waals surface area contributed by atoms with Crippen molar-refractivity contribution in [1.82, 2.24) is 5.32 Å². The minimum absolute atomic E-state index is 0.0713. The van der Waals surface area contributed by atoms with Gasteiger partial charge in [-0.05, 0) is 40.0 Å². The number of carbonyl (C=O) groups is 1. The summed E-state index contributed by atoms with van der Waals surface area (Å²) in [7, 11) is 0. The number of amides is 1. The molecular formula is C12H13BrF3NO2. The first kappa shape index (κ1) is 15.8. The summed E-state index contributed by atoms with van der Waals surface area (Å²) in [6.45, 7) is 4.38. The molecule has 1 aromatic carbocycles. The van der Waals surface area contributed by atoms with E-state index in [0.717, 1.165) is 6.07 Å². The third-order valence-electron chi connectivity index (χ3n) is 2.09. The molecule has 106 valence electrons. The summed E-state index contributed by atoms with van der Waals surface area (Å²) in [5.41, 5.74) is 0.266. The van der Waals surface area contributed by atoms with E-state index in [9.17, 15) is 18.0 Å². The summed E-state index contributed by atoms with van der Waals surface area (Å²) < 4.78 is 40.1. The highest BCUT2D eigenvalue weighted by atomic mass is 79.9. The maximum atomic E-state index is 12.1. The molecule has 0 heterocycles. The van der Waals surface area contributed by atoms with Gasteiger partial charge in [-0.1, -0.05) is 13.8 Å². The van der Waals surface area contributed by atoms with Crippen molar-refractivity contribution in [2.75, 3.05) is 6.54 Å². The lowest BCUT2D eigenvalue weighted by Gasteiger charge is -2.12. The molecule has 0 spiro atoms. The second-order valence-corrected chi connectivity index (χ2v) is 5.15. The number of halogens is 4. The summed E-state index contributed by atoms with van der Waals surface area (Å²) >= 11 is 2.94. The van der Waals surface area contributed by atoms with Gasteiger partial charge < -0.3 is 10.1 Å². The van der Waals surface area contributed by atoms with Crippen LogP contribution in [-0.4, -0.2) is 18.8 Å². The zero-order valence-electron chi connectivity index (χ0n) is 10.3. The van der Waals surface area contributed by atoms with Crippen LogP contribution < -0.4 is 10.1 Å². The largest absolute Gasteiger partial charge is 0.573 e. The van der Waals surface area contributed by atoms with Gasteiger partial charge in [0, 0.05) is 12.1 Å². The van der Waals surface area contributed by atoms with E-state index in [4.69, 9.17) is 0 Å². The number of ether oxygens (including phenoxy) is 1. The van der Waals surface area contributed by atoms with Crippen molar-refractivity contribution in [1.29, 1.82) is 0 Å². The Kier molecular flexibility index (Phi) is 5.22. The van der Waals surface area contributed by atoms with Crippen molar-refractivity contribution in [3.8, 4) is 5.75 Å². The molecule has 0 aliphatic carbocycles. The fourth-order valence-corrected chi connectivity index (χ4v) is 1.71. The maximum absolute atomic E-state index is 12.1. The molecule has 0 unspecified atom stereocenters. The topological polar surface area (TPSA) is 38.3 Å². The van der Waals surface area contributed by atoms with E-state index in [0.29, 0.717) is 12.5 Å². The van der Waals surface area contributed by atoms with Crippen molar-refractivity contribution in [3.05, 3.63) is 28.2 Å². The number of alkyl halides is 3. The molecule has 0 aromatic heterocycles. The summed E-state index contributed by atoms with van der Waals surface area (Å²) in [4.78, 5) is 11.7. The second kappa shape index (κ2) is 6.27. The molecule has 0 fully saturated rings. The highest BCUT2D eigenvalue weighted by Crippen LogP contribution is 2.31. The van der Waals surface area contributed by atoms with Crippen LogP contribution in [0.5, 0.6) is 5.75 Å². The average Bonchev–Trinajstić information content (AvgIpc) is 2.27. The fourth-order valence-electron chi connectivity index (χ4n) is 1.25. The van der Waals surface area contributed by atoms with Crippen LogP contribution in [0.1, 0.15) is 24.2 Å². The van der Waals surface area contributed by atoms with Crippen molar-refractivity contribution in [2.24, 2.45) is 5.92 Å². The Labute approximate surface area is 117 Å².